The highest BCUT2D eigenvalue weighted by Gasteiger charge is 2.08. The highest BCUT2D eigenvalue weighted by atomic mass is 19.3. The summed E-state index contributed by atoms with van der Waals surface area (Å²) in [6, 6.07) is 3.25. The van der Waals surface area contributed by atoms with E-state index < -0.39 is 6.43 Å². The van der Waals surface area contributed by atoms with Gasteiger partial charge in [-0.05, 0) is 44.1 Å². The van der Waals surface area contributed by atoms with Gasteiger partial charge < -0.3 is 5.32 Å². The van der Waals surface area contributed by atoms with E-state index in [1.165, 1.54) is 12.3 Å². The Balaban J connectivity index is 2.55. The van der Waals surface area contributed by atoms with E-state index in [0.29, 0.717) is 0 Å². The van der Waals surface area contributed by atoms with Crippen LogP contribution in [0.25, 0.3) is 0 Å². The molecule has 0 aromatic carbocycles. The Hall–Kier alpha value is -1.03. The van der Waals surface area contributed by atoms with Crippen LogP contribution in [0.4, 0.5) is 8.78 Å². The minimum absolute atomic E-state index is 0.132. The average molecular weight is 200 g/mol. The standard InChI is InChI=1S/C10H14F2N2/c1-13-5-2-3-8-4-6-14-9(7-8)10(11)12/h4,6-7,10,13H,2-3,5H2,1H3. The van der Waals surface area contributed by atoms with Crippen molar-refractivity contribution in [2.75, 3.05) is 13.6 Å². The lowest BCUT2D eigenvalue weighted by Gasteiger charge is -2.03. The molecule has 14 heavy (non-hydrogen) atoms. The third-order valence-electron chi connectivity index (χ3n) is 1.96. The van der Waals surface area contributed by atoms with Gasteiger partial charge in [0.05, 0.1) is 0 Å². The molecule has 0 fully saturated rings. The van der Waals surface area contributed by atoms with E-state index in [2.05, 4.69) is 10.3 Å². The lowest BCUT2D eigenvalue weighted by molar-refractivity contribution is 0.146. The molecule has 0 bridgehead atoms. The van der Waals surface area contributed by atoms with Gasteiger partial charge in [0.2, 0.25) is 0 Å². The molecule has 0 unspecified atom stereocenters. The van der Waals surface area contributed by atoms with Crippen LogP contribution in [-0.2, 0) is 6.42 Å². The molecule has 78 valence electrons. The summed E-state index contributed by atoms with van der Waals surface area (Å²) in [5, 5.41) is 3.01. The topological polar surface area (TPSA) is 24.9 Å². The van der Waals surface area contributed by atoms with Crippen LogP contribution in [0, 0.1) is 0 Å². The number of alkyl halides is 2. The molecule has 1 rings (SSSR count). The van der Waals surface area contributed by atoms with E-state index in [-0.39, 0.29) is 5.69 Å². The zero-order valence-electron chi connectivity index (χ0n) is 8.13. The third kappa shape index (κ3) is 3.38. The summed E-state index contributed by atoms with van der Waals surface area (Å²) in [4.78, 5) is 3.60. The first-order valence-electron chi connectivity index (χ1n) is 4.61. The molecule has 0 atom stereocenters. The predicted octanol–water partition coefficient (Wildman–Crippen LogP) is 2.17. The molecule has 1 aromatic heterocycles. The number of rotatable bonds is 5. The van der Waals surface area contributed by atoms with Crippen molar-refractivity contribution in [3.63, 3.8) is 0 Å². The minimum atomic E-state index is -2.47. The Labute approximate surface area is 82.4 Å². The average Bonchev–Trinajstić information content (AvgIpc) is 2.19. The summed E-state index contributed by atoms with van der Waals surface area (Å²) in [7, 11) is 1.87. The fourth-order valence-electron chi connectivity index (χ4n) is 1.24. The Bertz CT molecular complexity index is 277. The van der Waals surface area contributed by atoms with Crippen LogP contribution in [0.2, 0.25) is 0 Å². The maximum atomic E-state index is 12.3. The van der Waals surface area contributed by atoms with Gasteiger partial charge in [0.25, 0.3) is 6.43 Å². The zero-order chi connectivity index (χ0) is 10.4. The van der Waals surface area contributed by atoms with Gasteiger partial charge in [0.1, 0.15) is 5.69 Å². The number of hydrogen-bond donors (Lipinski definition) is 1. The van der Waals surface area contributed by atoms with Gasteiger partial charge in [-0.1, -0.05) is 0 Å². The molecule has 0 radical (unpaired) electrons. The van der Waals surface area contributed by atoms with Gasteiger partial charge in [-0.3, -0.25) is 4.98 Å². The Kier molecular flexibility index (Phi) is 4.46. The number of nitrogens with one attached hydrogen (secondary N) is 1. The van der Waals surface area contributed by atoms with Crippen molar-refractivity contribution in [3.8, 4) is 0 Å². The first-order chi connectivity index (χ1) is 6.74. The van der Waals surface area contributed by atoms with E-state index in [1.54, 1.807) is 6.07 Å². The lowest BCUT2D eigenvalue weighted by atomic mass is 10.1. The lowest BCUT2D eigenvalue weighted by Crippen LogP contribution is -2.08. The van der Waals surface area contributed by atoms with Crippen molar-refractivity contribution in [3.05, 3.63) is 29.6 Å². The van der Waals surface area contributed by atoms with Gasteiger partial charge in [0, 0.05) is 6.20 Å². The first-order valence-corrected chi connectivity index (χ1v) is 4.61. The number of aromatic nitrogens is 1. The van der Waals surface area contributed by atoms with E-state index in [9.17, 15) is 8.78 Å². The summed E-state index contributed by atoms with van der Waals surface area (Å²) in [6.07, 6.45) is 0.724. The van der Waals surface area contributed by atoms with Gasteiger partial charge in [-0.15, -0.1) is 0 Å². The van der Waals surface area contributed by atoms with E-state index in [0.717, 1.165) is 24.9 Å². The summed E-state index contributed by atoms with van der Waals surface area (Å²) >= 11 is 0. The highest BCUT2D eigenvalue weighted by Crippen LogP contribution is 2.17. The van der Waals surface area contributed by atoms with Gasteiger partial charge in [-0.25, -0.2) is 8.78 Å². The van der Waals surface area contributed by atoms with Crippen LogP contribution in [0.5, 0.6) is 0 Å². The Morgan fingerprint density at radius 1 is 1.50 bits per heavy atom. The number of aryl methyl sites for hydroxylation is 1. The molecule has 4 heteroatoms. The van der Waals surface area contributed by atoms with Crippen LogP contribution in [-0.4, -0.2) is 18.6 Å². The molecule has 0 aliphatic carbocycles. The molecule has 1 N–H and O–H groups in total. The second kappa shape index (κ2) is 5.65. The van der Waals surface area contributed by atoms with E-state index in [4.69, 9.17) is 0 Å². The van der Waals surface area contributed by atoms with Crippen LogP contribution in [0.3, 0.4) is 0 Å². The molecule has 0 spiro atoms. The van der Waals surface area contributed by atoms with Crippen molar-refractivity contribution in [2.24, 2.45) is 0 Å². The summed E-state index contributed by atoms with van der Waals surface area (Å²) < 4.78 is 24.5. The van der Waals surface area contributed by atoms with Gasteiger partial charge in [0.15, 0.2) is 0 Å². The summed E-state index contributed by atoms with van der Waals surface area (Å²) in [5.74, 6) is 0. The van der Waals surface area contributed by atoms with Crippen LogP contribution in [0.1, 0.15) is 24.1 Å². The molecule has 0 amide bonds. The zero-order valence-corrected chi connectivity index (χ0v) is 8.13. The molecular weight excluding hydrogens is 186 g/mol. The van der Waals surface area contributed by atoms with Crippen LogP contribution in [0.15, 0.2) is 18.3 Å². The highest BCUT2D eigenvalue weighted by molar-refractivity contribution is 5.17. The van der Waals surface area contributed by atoms with E-state index >= 15 is 0 Å². The van der Waals surface area contributed by atoms with Crippen molar-refractivity contribution in [1.29, 1.82) is 0 Å². The summed E-state index contributed by atoms with van der Waals surface area (Å²) in [5.41, 5.74) is 0.789. The Morgan fingerprint density at radius 2 is 2.29 bits per heavy atom. The van der Waals surface area contributed by atoms with Gasteiger partial charge in [-0.2, -0.15) is 0 Å². The van der Waals surface area contributed by atoms with Crippen molar-refractivity contribution in [2.45, 2.75) is 19.3 Å². The quantitative estimate of drug-likeness (QED) is 0.737. The molecule has 0 aliphatic rings. The molecule has 2 nitrogen and oxygen atoms in total. The molecule has 0 saturated heterocycles. The van der Waals surface area contributed by atoms with Crippen LogP contribution >= 0.6 is 0 Å². The second-order valence-electron chi connectivity index (χ2n) is 3.10. The molecule has 1 heterocycles. The molecule has 0 saturated carbocycles. The molecule has 0 aliphatic heterocycles. The summed E-state index contributed by atoms with van der Waals surface area (Å²) in [6.45, 7) is 0.895. The van der Waals surface area contributed by atoms with Crippen molar-refractivity contribution >= 4 is 0 Å². The smallest absolute Gasteiger partial charge is 0.280 e. The number of pyridine rings is 1. The van der Waals surface area contributed by atoms with Gasteiger partial charge >= 0.3 is 0 Å². The second-order valence-corrected chi connectivity index (χ2v) is 3.10. The maximum Gasteiger partial charge on any atom is 0.280 e. The van der Waals surface area contributed by atoms with Crippen molar-refractivity contribution < 1.29 is 8.78 Å². The first kappa shape index (κ1) is 11.0. The third-order valence-corrected chi connectivity index (χ3v) is 1.96. The van der Waals surface area contributed by atoms with Crippen LogP contribution < -0.4 is 5.32 Å². The number of nitrogens with zero attached hydrogens (tertiary/aromatic N) is 1. The van der Waals surface area contributed by atoms with E-state index in [1.807, 2.05) is 7.05 Å². The minimum Gasteiger partial charge on any atom is -0.320 e. The largest absolute Gasteiger partial charge is 0.320 e. The maximum absolute atomic E-state index is 12.3. The predicted molar refractivity (Wildman–Crippen MR) is 51.4 cm³/mol. The SMILES string of the molecule is CNCCCc1ccnc(C(F)F)c1. The number of hydrogen-bond acceptors (Lipinski definition) is 2. The normalized spacial score (nSPS) is 10.9. The fraction of sp³-hybridized carbons (Fsp3) is 0.500. The fourth-order valence-corrected chi connectivity index (χ4v) is 1.24. The molecule has 1 aromatic rings. The number of halogens is 2. The monoisotopic (exact) mass is 200 g/mol. The Morgan fingerprint density at radius 3 is 2.93 bits per heavy atom. The van der Waals surface area contributed by atoms with Crippen molar-refractivity contribution in [1.82, 2.24) is 10.3 Å². The molecular formula is C10H14F2N2.